The number of thiophene rings is 1. The normalized spacial score (nSPS) is 10.8. The molecule has 2 heterocycles. The first-order valence-corrected chi connectivity index (χ1v) is 10.9. The highest BCUT2D eigenvalue weighted by atomic mass is 32.1. The Morgan fingerprint density at radius 1 is 1.13 bits per heavy atom. The first kappa shape index (κ1) is 20.8. The SMILES string of the molecule is Cc1ccc(-c2nc(NC(=O)c3ccc([N+](=O)[O-])s3)sc2Cc2cccc(F)c2)cc1. The summed E-state index contributed by atoms with van der Waals surface area (Å²) in [6.45, 7) is 1.99. The van der Waals surface area contributed by atoms with E-state index in [2.05, 4.69) is 10.3 Å². The Hall–Kier alpha value is -3.43. The summed E-state index contributed by atoms with van der Waals surface area (Å²) in [6, 6.07) is 16.9. The summed E-state index contributed by atoms with van der Waals surface area (Å²) in [5.74, 6) is -0.772. The van der Waals surface area contributed by atoms with Crippen molar-refractivity contribution in [1.82, 2.24) is 4.98 Å². The van der Waals surface area contributed by atoms with Gasteiger partial charge in [0.15, 0.2) is 5.13 Å². The van der Waals surface area contributed by atoms with Crippen molar-refractivity contribution in [3.8, 4) is 11.3 Å². The molecule has 4 aromatic rings. The van der Waals surface area contributed by atoms with Crippen LogP contribution in [0, 0.1) is 22.9 Å². The van der Waals surface area contributed by atoms with Crippen LogP contribution >= 0.6 is 22.7 Å². The Morgan fingerprint density at radius 3 is 2.58 bits per heavy atom. The van der Waals surface area contributed by atoms with Gasteiger partial charge in [0, 0.05) is 22.9 Å². The van der Waals surface area contributed by atoms with Gasteiger partial charge in [-0.2, -0.15) is 0 Å². The van der Waals surface area contributed by atoms with Gasteiger partial charge in [-0.1, -0.05) is 53.3 Å². The molecule has 1 N–H and O–H groups in total. The molecular weight excluding hydrogens is 437 g/mol. The molecule has 4 rings (SSSR count). The third-order valence-corrected chi connectivity index (χ3v) is 6.50. The predicted octanol–water partition coefficient (Wildman–Crippen LogP) is 6.07. The number of aromatic nitrogens is 1. The highest BCUT2D eigenvalue weighted by Gasteiger charge is 2.19. The topological polar surface area (TPSA) is 85.1 Å². The number of nitrogens with one attached hydrogen (secondary N) is 1. The molecule has 0 aliphatic heterocycles. The summed E-state index contributed by atoms with van der Waals surface area (Å²) < 4.78 is 13.6. The summed E-state index contributed by atoms with van der Waals surface area (Å²) in [4.78, 5) is 28.6. The standard InChI is InChI=1S/C22H16FN3O3S2/c1-13-5-7-15(8-6-13)20-18(12-14-3-2-4-16(23)11-14)31-22(24-20)25-21(27)17-9-10-19(30-17)26(28)29/h2-11H,12H2,1H3,(H,24,25,27). The lowest BCUT2D eigenvalue weighted by molar-refractivity contribution is -0.380. The van der Waals surface area contributed by atoms with Crippen LogP contribution in [0.25, 0.3) is 11.3 Å². The van der Waals surface area contributed by atoms with Gasteiger partial charge in [-0.15, -0.1) is 11.3 Å². The van der Waals surface area contributed by atoms with Crippen LogP contribution in [0.15, 0.2) is 60.7 Å². The zero-order valence-corrected chi connectivity index (χ0v) is 17.9. The molecule has 156 valence electrons. The van der Waals surface area contributed by atoms with Gasteiger partial charge < -0.3 is 0 Å². The largest absolute Gasteiger partial charge is 0.324 e. The van der Waals surface area contributed by atoms with Gasteiger partial charge in [0.25, 0.3) is 5.91 Å². The summed E-state index contributed by atoms with van der Waals surface area (Å²) in [5, 5.41) is 13.9. The van der Waals surface area contributed by atoms with Crippen LogP contribution in [-0.2, 0) is 6.42 Å². The summed E-state index contributed by atoms with van der Waals surface area (Å²) in [6.07, 6.45) is 0.457. The fourth-order valence-electron chi connectivity index (χ4n) is 3.00. The van der Waals surface area contributed by atoms with E-state index in [4.69, 9.17) is 0 Å². The van der Waals surface area contributed by atoms with Crippen molar-refractivity contribution in [2.24, 2.45) is 0 Å². The summed E-state index contributed by atoms with van der Waals surface area (Å²) in [7, 11) is 0. The van der Waals surface area contributed by atoms with Gasteiger partial charge in [-0.25, -0.2) is 9.37 Å². The molecule has 0 radical (unpaired) electrons. The third-order valence-electron chi connectivity index (χ3n) is 4.49. The molecule has 2 aromatic heterocycles. The van der Waals surface area contributed by atoms with Crippen molar-refractivity contribution in [1.29, 1.82) is 0 Å². The number of hydrogen-bond donors (Lipinski definition) is 1. The first-order valence-electron chi connectivity index (χ1n) is 9.26. The highest BCUT2D eigenvalue weighted by Crippen LogP contribution is 2.34. The van der Waals surface area contributed by atoms with Crippen molar-refractivity contribution in [2.75, 3.05) is 5.32 Å². The highest BCUT2D eigenvalue weighted by molar-refractivity contribution is 7.18. The second-order valence-electron chi connectivity index (χ2n) is 6.81. The molecule has 0 spiro atoms. The maximum atomic E-state index is 13.6. The van der Waals surface area contributed by atoms with Gasteiger partial charge in [0.05, 0.1) is 15.5 Å². The lowest BCUT2D eigenvalue weighted by atomic mass is 10.1. The molecule has 0 atom stereocenters. The fourth-order valence-corrected chi connectivity index (χ4v) is 4.73. The van der Waals surface area contributed by atoms with E-state index in [1.165, 1.54) is 35.6 Å². The van der Waals surface area contributed by atoms with E-state index < -0.39 is 10.8 Å². The summed E-state index contributed by atoms with van der Waals surface area (Å²) >= 11 is 2.11. The van der Waals surface area contributed by atoms with Gasteiger partial charge in [-0.05, 0) is 30.7 Å². The van der Waals surface area contributed by atoms with Crippen LogP contribution in [0.5, 0.6) is 0 Å². The van der Waals surface area contributed by atoms with E-state index >= 15 is 0 Å². The minimum Gasteiger partial charge on any atom is -0.297 e. The quantitative estimate of drug-likeness (QED) is 0.284. The number of amides is 1. The van der Waals surface area contributed by atoms with Crippen molar-refractivity contribution in [3.63, 3.8) is 0 Å². The smallest absolute Gasteiger partial charge is 0.297 e. The lowest BCUT2D eigenvalue weighted by Gasteiger charge is -2.04. The molecule has 6 nitrogen and oxygen atoms in total. The number of carbonyl (C=O) groups is 1. The molecule has 0 bridgehead atoms. The molecule has 0 saturated carbocycles. The first-order chi connectivity index (χ1) is 14.9. The maximum Gasteiger partial charge on any atom is 0.324 e. The average Bonchev–Trinajstić information content (AvgIpc) is 3.36. The van der Waals surface area contributed by atoms with Crippen molar-refractivity contribution < 1.29 is 14.1 Å². The number of nitrogens with zero attached hydrogens (tertiary/aromatic N) is 2. The molecular formula is C22H16FN3O3S2. The Kier molecular flexibility index (Phi) is 5.88. The van der Waals surface area contributed by atoms with Crippen LogP contribution in [0.2, 0.25) is 0 Å². The van der Waals surface area contributed by atoms with Crippen LogP contribution < -0.4 is 5.32 Å². The second-order valence-corrected chi connectivity index (χ2v) is 8.96. The van der Waals surface area contributed by atoms with Crippen LogP contribution in [-0.4, -0.2) is 15.8 Å². The number of nitro groups is 1. The maximum absolute atomic E-state index is 13.6. The molecule has 2 aromatic carbocycles. The van der Waals surface area contributed by atoms with Crippen LogP contribution in [0.3, 0.4) is 0 Å². The zero-order chi connectivity index (χ0) is 22.0. The molecule has 9 heteroatoms. The predicted molar refractivity (Wildman–Crippen MR) is 120 cm³/mol. The fraction of sp³-hybridized carbons (Fsp3) is 0.0909. The van der Waals surface area contributed by atoms with Gasteiger partial charge in [0.2, 0.25) is 0 Å². The minimum atomic E-state index is -0.530. The zero-order valence-electron chi connectivity index (χ0n) is 16.3. The van der Waals surface area contributed by atoms with E-state index in [1.807, 2.05) is 37.3 Å². The molecule has 31 heavy (non-hydrogen) atoms. The Balaban J connectivity index is 1.65. The lowest BCUT2D eigenvalue weighted by Crippen LogP contribution is -2.09. The molecule has 0 aliphatic rings. The monoisotopic (exact) mass is 453 g/mol. The average molecular weight is 454 g/mol. The number of thiazole rings is 1. The number of hydrogen-bond acceptors (Lipinski definition) is 6. The minimum absolute atomic E-state index is 0.101. The van der Waals surface area contributed by atoms with Crippen molar-refractivity contribution >= 4 is 38.7 Å². The third kappa shape index (κ3) is 4.84. The second kappa shape index (κ2) is 8.75. The van der Waals surface area contributed by atoms with Gasteiger partial charge in [-0.3, -0.25) is 20.2 Å². The summed E-state index contributed by atoms with van der Waals surface area (Å²) in [5.41, 5.74) is 3.50. The number of benzene rings is 2. The number of anilines is 1. The number of carbonyl (C=O) groups excluding carboxylic acids is 1. The van der Waals surface area contributed by atoms with E-state index in [9.17, 15) is 19.3 Å². The Labute approximate surface area is 185 Å². The number of halogens is 1. The van der Waals surface area contributed by atoms with Gasteiger partial charge in [0.1, 0.15) is 5.82 Å². The molecule has 0 fully saturated rings. The van der Waals surface area contributed by atoms with Crippen molar-refractivity contribution in [2.45, 2.75) is 13.3 Å². The van der Waals surface area contributed by atoms with Crippen LogP contribution in [0.4, 0.5) is 14.5 Å². The molecule has 0 unspecified atom stereocenters. The molecule has 0 aliphatic carbocycles. The van der Waals surface area contributed by atoms with Crippen molar-refractivity contribution in [3.05, 3.63) is 97.5 Å². The van der Waals surface area contributed by atoms with E-state index in [0.717, 1.165) is 32.9 Å². The Morgan fingerprint density at radius 2 is 1.90 bits per heavy atom. The molecule has 0 saturated heterocycles. The number of aryl methyl sites for hydroxylation is 1. The van der Waals surface area contributed by atoms with Gasteiger partial charge >= 0.3 is 5.00 Å². The Bertz CT molecular complexity index is 1270. The molecule has 1 amide bonds. The van der Waals surface area contributed by atoms with E-state index in [1.54, 1.807) is 6.07 Å². The number of rotatable bonds is 6. The van der Waals surface area contributed by atoms with Crippen LogP contribution in [0.1, 0.15) is 25.7 Å². The van der Waals surface area contributed by atoms with E-state index in [0.29, 0.717) is 17.2 Å². The van der Waals surface area contributed by atoms with E-state index in [-0.39, 0.29) is 15.7 Å².